The topological polar surface area (TPSA) is 84.2 Å². The van der Waals surface area contributed by atoms with Crippen molar-refractivity contribution in [3.8, 4) is 0 Å². The lowest BCUT2D eigenvalue weighted by atomic mass is 9.60. The molecule has 1 saturated heterocycles. The average Bonchev–Trinajstić information content (AvgIpc) is 2.53. The van der Waals surface area contributed by atoms with Crippen LogP contribution in [0.25, 0.3) is 0 Å². The molecule has 1 aliphatic heterocycles. The van der Waals surface area contributed by atoms with Gasteiger partial charge >= 0.3 is 6.03 Å². The second-order valence-electron chi connectivity index (χ2n) is 5.01. The van der Waals surface area contributed by atoms with Gasteiger partial charge in [0.2, 0.25) is 0 Å². The molecule has 5 nitrogen and oxygen atoms in total. The number of urea groups is 1. The molecule has 0 radical (unpaired) electrons. The summed E-state index contributed by atoms with van der Waals surface area (Å²) in [7, 11) is 0. The van der Waals surface area contributed by atoms with Crippen molar-refractivity contribution in [2.75, 3.05) is 0 Å². The molecule has 0 aromatic heterocycles. The molecule has 1 heterocycles. The van der Waals surface area contributed by atoms with Gasteiger partial charge in [-0.1, -0.05) is 12.1 Å². The Balaban J connectivity index is 1.86. The summed E-state index contributed by atoms with van der Waals surface area (Å²) in [5.74, 6) is -0.719. The third kappa shape index (κ3) is 1.42. The first-order valence-electron chi connectivity index (χ1n) is 5.62. The van der Waals surface area contributed by atoms with E-state index in [0.717, 1.165) is 0 Å². The summed E-state index contributed by atoms with van der Waals surface area (Å²) < 4.78 is 13.2. The molecule has 2 aliphatic rings. The number of benzene rings is 1. The van der Waals surface area contributed by atoms with Crippen LogP contribution in [0.3, 0.4) is 0 Å². The van der Waals surface area contributed by atoms with Gasteiger partial charge in [0.1, 0.15) is 11.4 Å². The number of rotatable bonds is 1. The molecule has 3 amide bonds. The fourth-order valence-electron chi connectivity index (χ4n) is 2.80. The van der Waals surface area contributed by atoms with Crippen molar-refractivity contribution >= 4 is 11.9 Å². The normalized spacial score (nSPS) is 34.1. The van der Waals surface area contributed by atoms with Gasteiger partial charge in [-0.15, -0.1) is 0 Å². The summed E-state index contributed by atoms with van der Waals surface area (Å²) in [5.41, 5.74) is 5.11. The van der Waals surface area contributed by atoms with Gasteiger partial charge < -0.3 is 11.1 Å². The van der Waals surface area contributed by atoms with Crippen molar-refractivity contribution in [1.82, 2.24) is 10.6 Å². The Bertz CT molecular complexity index is 552. The zero-order valence-corrected chi connectivity index (χ0v) is 9.50. The summed E-state index contributed by atoms with van der Waals surface area (Å²) in [5, 5.41) is 4.77. The first kappa shape index (κ1) is 11.2. The van der Waals surface area contributed by atoms with Crippen molar-refractivity contribution < 1.29 is 14.0 Å². The molecule has 1 aromatic carbocycles. The fraction of sp³-hybridized carbons (Fsp3) is 0.333. The predicted molar refractivity (Wildman–Crippen MR) is 60.9 cm³/mol. The molecule has 4 N–H and O–H groups in total. The first-order valence-corrected chi connectivity index (χ1v) is 5.62. The van der Waals surface area contributed by atoms with Crippen LogP contribution < -0.4 is 16.4 Å². The van der Waals surface area contributed by atoms with Crippen LogP contribution in [0.15, 0.2) is 24.3 Å². The second kappa shape index (κ2) is 3.29. The van der Waals surface area contributed by atoms with E-state index in [1.54, 1.807) is 12.1 Å². The summed E-state index contributed by atoms with van der Waals surface area (Å²) in [4.78, 5) is 22.8. The Morgan fingerprint density at radius 1 is 1.28 bits per heavy atom. The van der Waals surface area contributed by atoms with Crippen LogP contribution in [0, 0.1) is 5.82 Å². The predicted octanol–water partition coefficient (Wildman–Crippen LogP) is 0.352. The SMILES string of the molecule is NC1(c2cccc(F)c2)CC2(C1)NC(=O)NC2=O. The van der Waals surface area contributed by atoms with Crippen LogP contribution in [-0.2, 0) is 10.3 Å². The number of carbonyl (C=O) groups is 2. The molecule has 94 valence electrons. The van der Waals surface area contributed by atoms with Gasteiger partial charge in [-0.3, -0.25) is 10.1 Å². The first-order chi connectivity index (χ1) is 8.43. The lowest BCUT2D eigenvalue weighted by Crippen LogP contribution is -2.67. The molecule has 1 aromatic rings. The van der Waals surface area contributed by atoms with Gasteiger partial charge in [-0.2, -0.15) is 0 Å². The Kier molecular flexibility index (Phi) is 2.04. The lowest BCUT2D eigenvalue weighted by molar-refractivity contribution is -0.129. The molecule has 6 heteroatoms. The Labute approximate surface area is 103 Å². The average molecular weight is 249 g/mol. The van der Waals surface area contributed by atoms with Crippen molar-refractivity contribution in [2.45, 2.75) is 23.9 Å². The highest BCUT2D eigenvalue weighted by Gasteiger charge is 2.61. The molecule has 2 fully saturated rings. The maximum absolute atomic E-state index is 13.2. The largest absolute Gasteiger partial charge is 0.323 e. The van der Waals surface area contributed by atoms with Crippen molar-refractivity contribution in [3.63, 3.8) is 0 Å². The Morgan fingerprint density at radius 2 is 2.00 bits per heavy atom. The quantitative estimate of drug-likeness (QED) is 0.628. The van der Waals surface area contributed by atoms with Crippen LogP contribution in [0.4, 0.5) is 9.18 Å². The van der Waals surface area contributed by atoms with E-state index in [0.29, 0.717) is 5.56 Å². The van der Waals surface area contributed by atoms with E-state index >= 15 is 0 Å². The summed E-state index contributed by atoms with van der Waals surface area (Å²) in [6.07, 6.45) is 0.558. The van der Waals surface area contributed by atoms with E-state index in [1.165, 1.54) is 12.1 Å². The number of hydrogen-bond acceptors (Lipinski definition) is 3. The molecule has 18 heavy (non-hydrogen) atoms. The molecule has 1 saturated carbocycles. The highest BCUT2D eigenvalue weighted by atomic mass is 19.1. The van der Waals surface area contributed by atoms with Gasteiger partial charge in [-0.05, 0) is 17.7 Å². The molecule has 0 bridgehead atoms. The number of nitrogens with one attached hydrogen (secondary N) is 2. The van der Waals surface area contributed by atoms with Gasteiger partial charge in [-0.25, -0.2) is 9.18 Å². The molecular formula is C12H12FN3O2. The molecule has 3 rings (SSSR count). The molecule has 0 unspecified atom stereocenters. The number of imide groups is 1. The van der Waals surface area contributed by atoms with E-state index in [1.807, 2.05) is 0 Å². The highest BCUT2D eigenvalue weighted by Crippen LogP contribution is 2.47. The molecule has 1 spiro atoms. The van der Waals surface area contributed by atoms with Crippen LogP contribution >= 0.6 is 0 Å². The van der Waals surface area contributed by atoms with E-state index in [9.17, 15) is 14.0 Å². The monoisotopic (exact) mass is 249 g/mol. The summed E-state index contributed by atoms with van der Waals surface area (Å²) in [6, 6.07) is 5.51. The number of carbonyl (C=O) groups excluding carboxylic acids is 2. The van der Waals surface area contributed by atoms with Crippen molar-refractivity contribution in [1.29, 1.82) is 0 Å². The second-order valence-corrected chi connectivity index (χ2v) is 5.01. The van der Waals surface area contributed by atoms with E-state index in [4.69, 9.17) is 5.73 Å². The van der Waals surface area contributed by atoms with E-state index in [-0.39, 0.29) is 24.6 Å². The van der Waals surface area contributed by atoms with Gasteiger partial charge in [0.05, 0.1) is 0 Å². The van der Waals surface area contributed by atoms with E-state index < -0.39 is 17.1 Å². The third-order valence-corrected chi connectivity index (χ3v) is 3.65. The maximum atomic E-state index is 13.2. The zero-order chi connectivity index (χ0) is 13.0. The van der Waals surface area contributed by atoms with Gasteiger partial charge in [0.15, 0.2) is 0 Å². The highest BCUT2D eigenvalue weighted by molar-refractivity contribution is 6.08. The Morgan fingerprint density at radius 3 is 2.56 bits per heavy atom. The molecule has 0 atom stereocenters. The molecular weight excluding hydrogens is 237 g/mol. The maximum Gasteiger partial charge on any atom is 0.322 e. The van der Waals surface area contributed by atoms with E-state index in [2.05, 4.69) is 10.6 Å². The Hall–Kier alpha value is -1.95. The van der Waals surface area contributed by atoms with Crippen molar-refractivity contribution in [3.05, 3.63) is 35.6 Å². The minimum absolute atomic E-state index is 0.279. The number of nitrogens with two attached hydrogens (primary N) is 1. The summed E-state index contributed by atoms with van der Waals surface area (Å²) in [6.45, 7) is 0. The minimum Gasteiger partial charge on any atom is -0.323 e. The fourth-order valence-corrected chi connectivity index (χ4v) is 2.80. The lowest BCUT2D eigenvalue weighted by Gasteiger charge is -2.50. The van der Waals surface area contributed by atoms with Crippen molar-refractivity contribution in [2.24, 2.45) is 5.73 Å². The summed E-state index contributed by atoms with van der Waals surface area (Å²) >= 11 is 0. The smallest absolute Gasteiger partial charge is 0.322 e. The minimum atomic E-state index is -0.919. The number of hydrogen-bond donors (Lipinski definition) is 3. The van der Waals surface area contributed by atoms with Crippen LogP contribution in [0.1, 0.15) is 18.4 Å². The number of halogens is 1. The van der Waals surface area contributed by atoms with Crippen LogP contribution in [0.2, 0.25) is 0 Å². The molecule has 1 aliphatic carbocycles. The zero-order valence-electron chi connectivity index (χ0n) is 9.50. The standard InChI is InChI=1S/C12H12FN3O2/c13-8-3-1-2-7(4-8)11(14)5-12(6-11)9(17)15-10(18)16-12/h1-4H,5-6,14H2,(H2,15,16,17,18). The van der Waals surface area contributed by atoms with Gasteiger partial charge in [0, 0.05) is 18.4 Å². The third-order valence-electron chi connectivity index (χ3n) is 3.65. The van der Waals surface area contributed by atoms with Crippen LogP contribution in [0.5, 0.6) is 0 Å². The number of amides is 3. The van der Waals surface area contributed by atoms with Gasteiger partial charge in [0.25, 0.3) is 5.91 Å². The van der Waals surface area contributed by atoms with Crippen LogP contribution in [-0.4, -0.2) is 17.5 Å².